The van der Waals surface area contributed by atoms with Gasteiger partial charge in [0.1, 0.15) is 11.5 Å². The number of methoxy groups -OCH3 is 1. The molecule has 6 rings (SSSR count). The van der Waals surface area contributed by atoms with Crippen LogP contribution in [0.2, 0.25) is 0 Å². The lowest BCUT2D eigenvalue weighted by Crippen LogP contribution is -2.76. The molecule has 0 atom stereocenters. The Morgan fingerprint density at radius 2 is 1.64 bits per heavy atom. The molecule has 148 valence electrons. The lowest BCUT2D eigenvalue weighted by Gasteiger charge is -2.66. The summed E-state index contributed by atoms with van der Waals surface area (Å²) in [6, 6.07) is 7.70. The van der Waals surface area contributed by atoms with Gasteiger partial charge in [-0.2, -0.15) is 0 Å². The third kappa shape index (κ3) is 2.22. The van der Waals surface area contributed by atoms with Crippen molar-refractivity contribution in [3.63, 3.8) is 0 Å². The first-order chi connectivity index (χ1) is 13.4. The smallest absolute Gasteiger partial charge is 0.254 e. The van der Waals surface area contributed by atoms with E-state index in [9.17, 15) is 9.59 Å². The Labute approximate surface area is 164 Å². The molecule has 4 bridgehead atoms. The summed E-state index contributed by atoms with van der Waals surface area (Å²) in [6.07, 6.45) is 1.66. The molecule has 1 N–H and O–H groups in total. The molecule has 5 heterocycles. The van der Waals surface area contributed by atoms with E-state index < -0.39 is 0 Å². The molecule has 4 saturated heterocycles. The van der Waals surface area contributed by atoms with Gasteiger partial charge in [0.2, 0.25) is 0 Å². The van der Waals surface area contributed by atoms with Gasteiger partial charge >= 0.3 is 0 Å². The number of ether oxygens (including phenoxy) is 1. The number of nitrogens with zero attached hydrogens (tertiary/aromatic N) is 2. The van der Waals surface area contributed by atoms with Gasteiger partial charge in [-0.25, -0.2) is 0 Å². The van der Waals surface area contributed by atoms with Gasteiger partial charge < -0.3 is 9.72 Å². The molecule has 0 saturated carbocycles. The Hall–Kier alpha value is -2.18. The van der Waals surface area contributed by atoms with Crippen molar-refractivity contribution in [1.29, 1.82) is 0 Å². The fraction of sp³-hybridized carbons (Fsp3) is 0.545. The van der Waals surface area contributed by atoms with Gasteiger partial charge in [0.15, 0.2) is 0 Å². The van der Waals surface area contributed by atoms with Crippen LogP contribution >= 0.6 is 0 Å². The predicted molar refractivity (Wildman–Crippen MR) is 107 cm³/mol. The Kier molecular flexibility index (Phi) is 3.77. The minimum atomic E-state index is -0.282. The highest BCUT2D eigenvalue weighted by atomic mass is 16.5. The van der Waals surface area contributed by atoms with Crippen molar-refractivity contribution in [2.45, 2.75) is 32.9 Å². The second-order valence-electron chi connectivity index (χ2n) is 8.79. The van der Waals surface area contributed by atoms with Gasteiger partial charge in [-0.05, 0) is 37.1 Å². The highest BCUT2D eigenvalue weighted by Gasteiger charge is 2.64. The van der Waals surface area contributed by atoms with Crippen LogP contribution in [0.3, 0.4) is 0 Å². The lowest BCUT2D eigenvalue weighted by molar-refractivity contribution is -0.204. The number of aromatic nitrogens is 1. The number of H-pyrrole nitrogens is 1. The van der Waals surface area contributed by atoms with Crippen molar-refractivity contribution < 1.29 is 9.53 Å². The van der Waals surface area contributed by atoms with Crippen LogP contribution in [0, 0.1) is 10.8 Å². The summed E-state index contributed by atoms with van der Waals surface area (Å²) < 4.78 is 5.35. The standard InChI is InChI=1S/C22H27N3O3/c1-4-21-10-24-12-22(5-2,20(21)27)13-25(11-21)19(24)16-9-14-8-15(28-3)6-7-17(14)23-18(16)26/h6-9,19H,4-5,10-13H2,1-3H3,(H,23,26). The number of ketones is 1. The van der Waals surface area contributed by atoms with E-state index in [4.69, 9.17) is 4.74 Å². The molecule has 0 unspecified atom stereocenters. The number of benzene rings is 1. The molecule has 1 aromatic carbocycles. The number of aromatic amines is 1. The van der Waals surface area contributed by atoms with Crippen LogP contribution in [0.4, 0.5) is 0 Å². The second kappa shape index (κ2) is 5.91. The van der Waals surface area contributed by atoms with E-state index >= 15 is 0 Å². The maximum absolute atomic E-state index is 13.3. The molecular formula is C22H27N3O3. The molecule has 4 fully saturated rings. The summed E-state index contributed by atoms with van der Waals surface area (Å²) in [6.45, 7) is 7.25. The van der Waals surface area contributed by atoms with Gasteiger partial charge in [-0.1, -0.05) is 13.8 Å². The van der Waals surface area contributed by atoms with Crippen LogP contribution in [0.15, 0.2) is 29.1 Å². The van der Waals surface area contributed by atoms with Crippen molar-refractivity contribution in [2.24, 2.45) is 10.8 Å². The second-order valence-corrected chi connectivity index (χ2v) is 8.79. The zero-order valence-corrected chi connectivity index (χ0v) is 16.7. The number of carbonyl (C=O) groups is 1. The number of pyridine rings is 1. The quantitative estimate of drug-likeness (QED) is 0.882. The number of nitrogens with one attached hydrogen (secondary N) is 1. The first-order valence-corrected chi connectivity index (χ1v) is 10.2. The topological polar surface area (TPSA) is 65.6 Å². The van der Waals surface area contributed by atoms with Crippen molar-refractivity contribution >= 4 is 16.7 Å². The van der Waals surface area contributed by atoms with Crippen LogP contribution in [-0.2, 0) is 4.79 Å². The minimum absolute atomic E-state index is 0.0439. The van der Waals surface area contributed by atoms with Crippen LogP contribution in [0.1, 0.15) is 38.4 Å². The highest BCUT2D eigenvalue weighted by Crippen LogP contribution is 2.54. The number of rotatable bonds is 4. The molecule has 1 aromatic heterocycles. The SMILES string of the molecule is CCC12CN3CC(CC)(CN(C1)C3c1cc3cc(OC)ccc3[nH]c1=O)C2=O. The van der Waals surface area contributed by atoms with Gasteiger partial charge in [0.05, 0.1) is 24.1 Å². The van der Waals surface area contributed by atoms with Crippen LogP contribution in [0.25, 0.3) is 10.9 Å². The summed E-state index contributed by atoms with van der Waals surface area (Å²) in [4.78, 5) is 34.1. The largest absolute Gasteiger partial charge is 0.497 e. The molecule has 0 aliphatic carbocycles. The van der Waals surface area contributed by atoms with Crippen LogP contribution < -0.4 is 10.3 Å². The van der Waals surface area contributed by atoms with E-state index in [0.717, 1.165) is 61.2 Å². The third-order valence-corrected chi connectivity index (χ3v) is 7.39. The maximum atomic E-state index is 13.3. The predicted octanol–water partition coefficient (Wildman–Crippen LogP) is 2.54. The van der Waals surface area contributed by atoms with E-state index in [1.165, 1.54) is 0 Å². The van der Waals surface area contributed by atoms with Gasteiger partial charge in [0, 0.05) is 42.6 Å². The van der Waals surface area contributed by atoms with Gasteiger partial charge in [-0.3, -0.25) is 19.4 Å². The summed E-state index contributed by atoms with van der Waals surface area (Å²) in [5.74, 6) is 1.23. The minimum Gasteiger partial charge on any atom is -0.497 e. The molecule has 6 nitrogen and oxygen atoms in total. The first kappa shape index (κ1) is 17.9. The summed E-state index contributed by atoms with van der Waals surface area (Å²) in [5.41, 5.74) is 0.974. The number of carbonyl (C=O) groups excluding carboxylic acids is 1. The summed E-state index contributed by atoms with van der Waals surface area (Å²) in [7, 11) is 1.65. The van der Waals surface area contributed by atoms with Gasteiger partial charge in [-0.15, -0.1) is 0 Å². The molecule has 2 aromatic rings. The van der Waals surface area contributed by atoms with Gasteiger partial charge in [0.25, 0.3) is 5.56 Å². The fourth-order valence-corrected chi connectivity index (χ4v) is 5.88. The monoisotopic (exact) mass is 381 g/mol. The van der Waals surface area contributed by atoms with Crippen molar-refractivity contribution in [2.75, 3.05) is 33.3 Å². The molecule has 4 aliphatic rings. The zero-order valence-electron chi connectivity index (χ0n) is 16.7. The average Bonchev–Trinajstić information content (AvgIpc) is 2.70. The Morgan fingerprint density at radius 1 is 1.04 bits per heavy atom. The van der Waals surface area contributed by atoms with E-state index in [1.807, 2.05) is 24.3 Å². The summed E-state index contributed by atoms with van der Waals surface area (Å²) >= 11 is 0. The molecular weight excluding hydrogens is 354 g/mol. The van der Waals surface area contributed by atoms with E-state index in [0.29, 0.717) is 5.78 Å². The van der Waals surface area contributed by atoms with Crippen LogP contribution in [0.5, 0.6) is 5.75 Å². The van der Waals surface area contributed by atoms with Crippen molar-refractivity contribution in [3.05, 3.63) is 40.2 Å². The Morgan fingerprint density at radius 3 is 2.18 bits per heavy atom. The first-order valence-electron chi connectivity index (χ1n) is 10.2. The molecule has 4 aliphatic heterocycles. The Balaban J connectivity index is 1.61. The fourth-order valence-electron chi connectivity index (χ4n) is 5.88. The lowest BCUT2D eigenvalue weighted by atomic mass is 9.58. The average molecular weight is 381 g/mol. The maximum Gasteiger partial charge on any atom is 0.254 e. The van der Waals surface area contributed by atoms with E-state index in [2.05, 4.69) is 28.6 Å². The number of hydrogen-bond donors (Lipinski definition) is 1. The number of hydrogen-bond acceptors (Lipinski definition) is 5. The van der Waals surface area contributed by atoms with E-state index in [1.54, 1.807) is 7.11 Å². The molecule has 28 heavy (non-hydrogen) atoms. The summed E-state index contributed by atoms with van der Waals surface area (Å²) in [5, 5.41) is 0.969. The number of Topliss-reactive ketones (excluding diaryl/α,β-unsaturated/α-hetero) is 1. The number of fused-ring (bicyclic) bond motifs is 1. The molecule has 0 radical (unpaired) electrons. The van der Waals surface area contributed by atoms with E-state index in [-0.39, 0.29) is 22.6 Å². The number of piperidine rings is 2. The van der Waals surface area contributed by atoms with Crippen LogP contribution in [-0.4, -0.2) is 53.9 Å². The highest BCUT2D eigenvalue weighted by molar-refractivity contribution is 5.93. The zero-order chi connectivity index (χ0) is 19.7. The third-order valence-electron chi connectivity index (χ3n) is 7.39. The molecule has 6 heteroatoms. The normalized spacial score (nSPS) is 36.2. The Bertz CT molecular complexity index is 985. The molecule has 0 spiro atoms. The van der Waals surface area contributed by atoms with Crippen molar-refractivity contribution in [1.82, 2.24) is 14.8 Å². The molecule has 0 amide bonds. The van der Waals surface area contributed by atoms with Crippen molar-refractivity contribution in [3.8, 4) is 5.75 Å².